The van der Waals surface area contributed by atoms with E-state index in [1.54, 1.807) is 6.92 Å². The van der Waals surface area contributed by atoms with Crippen molar-refractivity contribution in [3.8, 4) is 0 Å². The maximum atomic E-state index is 11.5. The molecular formula is C14H25O5S+. The van der Waals surface area contributed by atoms with Gasteiger partial charge in [0.15, 0.2) is 0 Å². The fraction of sp³-hybridized carbons (Fsp3) is 0.714. The molecule has 6 heteroatoms. The summed E-state index contributed by atoms with van der Waals surface area (Å²) in [7, 11) is 0.130. The SMILES string of the molecule is C=C(C)C(=O)OCCOCCOC(=O)C[S+](CC)CC. The summed E-state index contributed by atoms with van der Waals surface area (Å²) in [6.45, 7) is 10.2. The molecule has 0 atom stereocenters. The molecule has 0 aromatic carbocycles. The predicted molar refractivity (Wildman–Crippen MR) is 80.9 cm³/mol. The van der Waals surface area contributed by atoms with E-state index in [2.05, 4.69) is 20.4 Å². The molecule has 0 amide bonds. The van der Waals surface area contributed by atoms with Gasteiger partial charge < -0.3 is 14.2 Å². The molecule has 0 spiro atoms. The van der Waals surface area contributed by atoms with Gasteiger partial charge in [0.25, 0.3) is 0 Å². The van der Waals surface area contributed by atoms with Gasteiger partial charge in [0.1, 0.15) is 24.7 Å². The predicted octanol–water partition coefficient (Wildman–Crippen LogP) is 1.32. The molecule has 0 aliphatic rings. The molecular weight excluding hydrogens is 280 g/mol. The molecule has 20 heavy (non-hydrogen) atoms. The molecule has 0 aromatic heterocycles. The van der Waals surface area contributed by atoms with Crippen LogP contribution in [0.4, 0.5) is 0 Å². The molecule has 0 saturated carbocycles. The van der Waals surface area contributed by atoms with E-state index < -0.39 is 5.97 Å². The molecule has 0 radical (unpaired) electrons. The number of carbonyl (C=O) groups excluding carboxylic acids is 2. The monoisotopic (exact) mass is 305 g/mol. The average Bonchev–Trinajstić information content (AvgIpc) is 2.43. The molecule has 0 aliphatic carbocycles. The second kappa shape index (κ2) is 11.8. The second-order valence-corrected chi connectivity index (χ2v) is 6.75. The first-order valence-electron chi connectivity index (χ1n) is 6.71. The van der Waals surface area contributed by atoms with E-state index in [-0.39, 0.29) is 36.7 Å². The first kappa shape index (κ1) is 19.0. The van der Waals surface area contributed by atoms with Crippen LogP contribution in [-0.4, -0.2) is 55.6 Å². The van der Waals surface area contributed by atoms with Crippen LogP contribution in [0.15, 0.2) is 12.2 Å². The zero-order valence-electron chi connectivity index (χ0n) is 12.6. The van der Waals surface area contributed by atoms with Gasteiger partial charge in [-0.15, -0.1) is 0 Å². The summed E-state index contributed by atoms with van der Waals surface area (Å²) >= 11 is 0. The second-order valence-electron chi connectivity index (χ2n) is 4.08. The van der Waals surface area contributed by atoms with Crippen molar-refractivity contribution in [1.82, 2.24) is 0 Å². The zero-order valence-corrected chi connectivity index (χ0v) is 13.4. The lowest BCUT2D eigenvalue weighted by Gasteiger charge is -2.07. The van der Waals surface area contributed by atoms with Gasteiger partial charge in [-0.1, -0.05) is 6.58 Å². The Bertz CT molecular complexity index is 313. The number of hydrogen-bond donors (Lipinski definition) is 0. The van der Waals surface area contributed by atoms with Crippen LogP contribution in [0.1, 0.15) is 20.8 Å². The summed E-state index contributed by atoms with van der Waals surface area (Å²) in [5.41, 5.74) is 0.362. The summed E-state index contributed by atoms with van der Waals surface area (Å²) in [5, 5.41) is 0. The molecule has 0 saturated heterocycles. The molecule has 0 fully saturated rings. The number of ether oxygens (including phenoxy) is 3. The lowest BCUT2D eigenvalue weighted by molar-refractivity contribution is -0.142. The first-order valence-corrected chi connectivity index (χ1v) is 8.44. The third-order valence-electron chi connectivity index (χ3n) is 2.44. The Kier molecular flexibility index (Phi) is 11.2. The van der Waals surface area contributed by atoms with E-state index in [1.807, 2.05) is 0 Å². The minimum Gasteiger partial charge on any atom is -0.460 e. The summed E-state index contributed by atoms with van der Waals surface area (Å²) in [6.07, 6.45) is 0. The Balaban J connectivity index is 3.46. The summed E-state index contributed by atoms with van der Waals surface area (Å²) in [4.78, 5) is 22.5. The van der Waals surface area contributed by atoms with Crippen molar-refractivity contribution in [3.63, 3.8) is 0 Å². The highest BCUT2D eigenvalue weighted by atomic mass is 32.2. The minimum atomic E-state index is -0.425. The van der Waals surface area contributed by atoms with Crippen LogP contribution >= 0.6 is 0 Å². The molecule has 0 aliphatic heterocycles. The van der Waals surface area contributed by atoms with Crippen molar-refractivity contribution < 1.29 is 23.8 Å². The van der Waals surface area contributed by atoms with Crippen molar-refractivity contribution in [2.75, 3.05) is 43.7 Å². The van der Waals surface area contributed by atoms with E-state index in [0.717, 1.165) is 11.5 Å². The van der Waals surface area contributed by atoms with E-state index in [9.17, 15) is 9.59 Å². The molecule has 0 heterocycles. The van der Waals surface area contributed by atoms with Crippen LogP contribution in [0.3, 0.4) is 0 Å². The van der Waals surface area contributed by atoms with Gasteiger partial charge in [-0.2, -0.15) is 0 Å². The molecule has 116 valence electrons. The van der Waals surface area contributed by atoms with E-state index >= 15 is 0 Å². The maximum absolute atomic E-state index is 11.5. The minimum absolute atomic E-state index is 0.130. The third-order valence-corrected chi connectivity index (χ3v) is 4.72. The number of esters is 2. The normalized spacial score (nSPS) is 10.4. The van der Waals surface area contributed by atoms with Crippen molar-refractivity contribution in [3.05, 3.63) is 12.2 Å². The van der Waals surface area contributed by atoms with Crippen LogP contribution in [0.25, 0.3) is 0 Å². The van der Waals surface area contributed by atoms with Crippen LogP contribution < -0.4 is 0 Å². The van der Waals surface area contributed by atoms with Crippen LogP contribution in [0.2, 0.25) is 0 Å². The highest BCUT2D eigenvalue weighted by Gasteiger charge is 2.18. The fourth-order valence-electron chi connectivity index (χ4n) is 1.25. The lowest BCUT2D eigenvalue weighted by atomic mass is 10.4. The lowest BCUT2D eigenvalue weighted by Crippen LogP contribution is -2.23. The van der Waals surface area contributed by atoms with Crippen molar-refractivity contribution in [2.45, 2.75) is 20.8 Å². The quantitative estimate of drug-likeness (QED) is 0.249. The largest absolute Gasteiger partial charge is 0.460 e. The highest BCUT2D eigenvalue weighted by molar-refractivity contribution is 7.97. The maximum Gasteiger partial charge on any atom is 0.356 e. The van der Waals surface area contributed by atoms with E-state index in [1.165, 1.54) is 0 Å². The standard InChI is InChI=1S/C14H25O5S/c1-5-20(6-2)11-13(15)18-9-7-17-8-10-19-14(16)12(3)4/h3,5-11H2,1-2,4H3/q+1. The van der Waals surface area contributed by atoms with Crippen LogP contribution in [-0.2, 0) is 34.7 Å². The summed E-state index contributed by atoms with van der Waals surface area (Å²) in [5.74, 6) is 1.91. The van der Waals surface area contributed by atoms with Gasteiger partial charge in [-0.3, -0.25) is 0 Å². The van der Waals surface area contributed by atoms with Crippen LogP contribution in [0.5, 0.6) is 0 Å². The van der Waals surface area contributed by atoms with Crippen LogP contribution in [0, 0.1) is 0 Å². The average molecular weight is 305 g/mol. The van der Waals surface area contributed by atoms with Gasteiger partial charge in [0.05, 0.1) is 13.2 Å². The van der Waals surface area contributed by atoms with Gasteiger partial charge in [0, 0.05) is 5.57 Å². The number of rotatable bonds is 11. The Morgan fingerprint density at radius 1 is 1.00 bits per heavy atom. The fourth-order valence-corrected chi connectivity index (χ4v) is 2.48. The van der Waals surface area contributed by atoms with E-state index in [0.29, 0.717) is 17.9 Å². The highest BCUT2D eigenvalue weighted by Crippen LogP contribution is 1.97. The van der Waals surface area contributed by atoms with E-state index in [4.69, 9.17) is 14.2 Å². The topological polar surface area (TPSA) is 61.8 Å². The third kappa shape index (κ3) is 9.86. The van der Waals surface area contributed by atoms with Crippen molar-refractivity contribution in [1.29, 1.82) is 0 Å². The van der Waals surface area contributed by atoms with Gasteiger partial charge in [-0.05, 0) is 31.7 Å². The molecule has 0 N–H and O–H groups in total. The van der Waals surface area contributed by atoms with Crippen molar-refractivity contribution >= 4 is 22.8 Å². The number of hydrogen-bond acceptors (Lipinski definition) is 5. The molecule has 0 unspecified atom stereocenters. The molecule has 0 rings (SSSR count). The summed E-state index contributed by atoms with van der Waals surface area (Å²) < 4.78 is 15.1. The summed E-state index contributed by atoms with van der Waals surface area (Å²) in [6, 6.07) is 0. The van der Waals surface area contributed by atoms with Gasteiger partial charge in [-0.25, -0.2) is 9.59 Å². The Hall–Kier alpha value is -1.01. The zero-order chi connectivity index (χ0) is 15.4. The number of carbonyl (C=O) groups is 2. The molecule has 5 nitrogen and oxygen atoms in total. The van der Waals surface area contributed by atoms with Gasteiger partial charge >= 0.3 is 11.9 Å². The Morgan fingerprint density at radius 2 is 1.55 bits per heavy atom. The molecule has 0 aromatic rings. The Labute approximate surface area is 124 Å². The first-order chi connectivity index (χ1) is 9.51. The Morgan fingerprint density at radius 3 is 2.05 bits per heavy atom. The molecule has 0 bridgehead atoms. The van der Waals surface area contributed by atoms with Gasteiger partial charge in [0.2, 0.25) is 5.75 Å². The van der Waals surface area contributed by atoms with Crippen molar-refractivity contribution in [2.24, 2.45) is 0 Å². The smallest absolute Gasteiger partial charge is 0.356 e.